The first-order valence-electron chi connectivity index (χ1n) is 9.21. The van der Waals surface area contributed by atoms with Crippen LogP contribution >= 0.6 is 0 Å². The van der Waals surface area contributed by atoms with E-state index in [1.165, 1.54) is 25.7 Å². The Morgan fingerprint density at radius 1 is 1.48 bits per heavy atom. The molecule has 2 aromatic rings. The first kappa shape index (κ1) is 16.4. The van der Waals surface area contributed by atoms with Gasteiger partial charge in [-0.25, -0.2) is 9.97 Å². The highest BCUT2D eigenvalue weighted by molar-refractivity contribution is 5.86. The topological polar surface area (TPSA) is 73.8 Å². The molecule has 25 heavy (non-hydrogen) atoms. The first-order chi connectivity index (χ1) is 12.0. The monoisotopic (exact) mass is 338 g/mol. The molecule has 0 amide bonds. The smallest absolute Gasteiger partial charge is 0.156 e. The average molecular weight is 338 g/mol. The summed E-state index contributed by atoms with van der Waals surface area (Å²) < 4.78 is 0. The number of fused-ring (bicyclic) bond motifs is 1. The lowest BCUT2D eigenvalue weighted by Gasteiger charge is -2.32. The van der Waals surface area contributed by atoms with Crippen LogP contribution in [0.1, 0.15) is 63.1 Å². The van der Waals surface area contributed by atoms with Crippen LogP contribution in [0.3, 0.4) is 0 Å². The van der Waals surface area contributed by atoms with Gasteiger partial charge in [-0.3, -0.25) is 0 Å². The summed E-state index contributed by atoms with van der Waals surface area (Å²) in [6.07, 6.45) is 9.44. The molecule has 0 spiro atoms. The molecule has 2 aromatic heterocycles. The van der Waals surface area contributed by atoms with Crippen LogP contribution in [0.4, 0.5) is 0 Å². The Hall–Kier alpha value is -2.10. The Balaban J connectivity index is 1.59. The molecule has 0 aliphatic heterocycles. The van der Waals surface area contributed by atoms with Crippen LogP contribution in [0, 0.1) is 5.92 Å². The van der Waals surface area contributed by atoms with Crippen LogP contribution in [-0.4, -0.2) is 31.7 Å². The Bertz CT molecular complexity index is 838. The van der Waals surface area contributed by atoms with Gasteiger partial charge in [-0.1, -0.05) is 19.4 Å². The highest BCUT2D eigenvalue weighted by Crippen LogP contribution is 2.40. The molecule has 2 heterocycles. The molecule has 3 N–H and O–H groups in total. The van der Waals surface area contributed by atoms with Crippen molar-refractivity contribution >= 4 is 16.9 Å². The van der Waals surface area contributed by atoms with Crippen molar-refractivity contribution in [2.45, 2.75) is 63.5 Å². The highest BCUT2D eigenvalue weighted by Gasteiger charge is 2.36. The first-order valence-corrected chi connectivity index (χ1v) is 9.21. The Labute approximate surface area is 148 Å². The van der Waals surface area contributed by atoms with E-state index in [0.29, 0.717) is 11.8 Å². The standard InChI is InChI=1S/C20H26N4O/c1-4-16(23-12(2)20(3,25)9-13-5-6-13)15-10-21-19-18(15)24-17(11-22-19)14-7-8-14/h10-14,23,25H,1,5-9H2,2-3H3,(H,21,22)/t12-,20+/m0/s1. The molecule has 0 radical (unpaired) electrons. The van der Waals surface area contributed by atoms with E-state index in [1.807, 2.05) is 26.2 Å². The van der Waals surface area contributed by atoms with E-state index in [9.17, 15) is 5.11 Å². The summed E-state index contributed by atoms with van der Waals surface area (Å²) in [4.78, 5) is 12.5. The summed E-state index contributed by atoms with van der Waals surface area (Å²) in [6.45, 7) is 7.75. The molecule has 0 aromatic carbocycles. The summed E-state index contributed by atoms with van der Waals surface area (Å²) in [7, 11) is 0. The van der Waals surface area contributed by atoms with Crippen LogP contribution in [-0.2, 0) is 0 Å². The van der Waals surface area contributed by atoms with E-state index in [-0.39, 0.29) is 6.04 Å². The van der Waals surface area contributed by atoms with Gasteiger partial charge in [0.25, 0.3) is 0 Å². The lowest BCUT2D eigenvalue weighted by atomic mass is 9.91. The summed E-state index contributed by atoms with van der Waals surface area (Å²) in [5.74, 6) is 1.22. The van der Waals surface area contributed by atoms with Crippen molar-refractivity contribution in [1.82, 2.24) is 20.3 Å². The second kappa shape index (κ2) is 6.01. The predicted molar refractivity (Wildman–Crippen MR) is 99.0 cm³/mol. The van der Waals surface area contributed by atoms with Gasteiger partial charge in [0.2, 0.25) is 0 Å². The van der Waals surface area contributed by atoms with E-state index >= 15 is 0 Å². The molecule has 4 rings (SSSR count). The third kappa shape index (κ3) is 3.35. The van der Waals surface area contributed by atoms with Crippen molar-refractivity contribution in [2.75, 3.05) is 0 Å². The summed E-state index contributed by atoms with van der Waals surface area (Å²) >= 11 is 0. The van der Waals surface area contributed by atoms with Gasteiger partial charge < -0.3 is 15.4 Å². The average Bonchev–Trinajstić information content (AvgIpc) is 3.51. The Morgan fingerprint density at radius 2 is 2.24 bits per heavy atom. The predicted octanol–water partition coefficient (Wildman–Crippen LogP) is 3.49. The van der Waals surface area contributed by atoms with Gasteiger partial charge in [0, 0.05) is 12.1 Å². The van der Waals surface area contributed by atoms with Crippen LogP contribution in [0.25, 0.3) is 16.9 Å². The van der Waals surface area contributed by atoms with Crippen molar-refractivity contribution < 1.29 is 5.11 Å². The third-order valence-corrected chi connectivity index (χ3v) is 5.53. The van der Waals surface area contributed by atoms with Crippen molar-refractivity contribution in [2.24, 2.45) is 5.92 Å². The maximum atomic E-state index is 10.8. The molecular weight excluding hydrogens is 312 g/mol. The fraction of sp³-hybridized carbons (Fsp3) is 0.550. The number of rotatable bonds is 7. The number of hydrogen-bond donors (Lipinski definition) is 3. The molecule has 0 unspecified atom stereocenters. The van der Waals surface area contributed by atoms with Crippen LogP contribution in [0.15, 0.2) is 24.7 Å². The van der Waals surface area contributed by atoms with E-state index in [2.05, 4.69) is 27.6 Å². The zero-order chi connectivity index (χ0) is 17.6. The number of nitrogens with zero attached hydrogens (tertiary/aromatic N) is 2. The molecule has 0 bridgehead atoms. The molecule has 2 aliphatic carbocycles. The summed E-state index contributed by atoms with van der Waals surface area (Å²) in [5, 5.41) is 14.2. The number of nitrogens with one attached hydrogen (secondary N) is 2. The maximum Gasteiger partial charge on any atom is 0.156 e. The second-order valence-electron chi connectivity index (χ2n) is 7.89. The van der Waals surface area contributed by atoms with Crippen molar-refractivity contribution in [3.05, 3.63) is 36.0 Å². The molecule has 5 nitrogen and oxygen atoms in total. The summed E-state index contributed by atoms with van der Waals surface area (Å²) in [5.41, 5.74) is 6.57. The van der Waals surface area contributed by atoms with E-state index < -0.39 is 5.60 Å². The third-order valence-electron chi connectivity index (χ3n) is 5.53. The largest absolute Gasteiger partial charge is 0.388 e. The van der Waals surface area contributed by atoms with Gasteiger partial charge >= 0.3 is 0 Å². The van der Waals surface area contributed by atoms with Crippen molar-refractivity contribution in [3.8, 4) is 0 Å². The number of aromatic nitrogens is 3. The highest BCUT2D eigenvalue weighted by atomic mass is 16.3. The second-order valence-corrected chi connectivity index (χ2v) is 7.89. The van der Waals surface area contributed by atoms with Gasteiger partial charge in [-0.2, -0.15) is 0 Å². The molecule has 132 valence electrons. The molecule has 5 heteroatoms. The van der Waals surface area contributed by atoms with Crippen molar-refractivity contribution in [3.63, 3.8) is 0 Å². The Kier molecular flexibility index (Phi) is 3.94. The van der Waals surface area contributed by atoms with Crippen LogP contribution < -0.4 is 5.32 Å². The molecule has 2 aliphatic rings. The molecule has 0 saturated heterocycles. The minimum Gasteiger partial charge on any atom is -0.388 e. The van der Waals surface area contributed by atoms with Gasteiger partial charge in [-0.05, 0) is 39.0 Å². The Morgan fingerprint density at radius 3 is 2.88 bits per heavy atom. The van der Waals surface area contributed by atoms with Crippen molar-refractivity contribution in [1.29, 1.82) is 0 Å². The van der Waals surface area contributed by atoms with Crippen LogP contribution in [0.2, 0.25) is 0 Å². The number of hydrogen-bond acceptors (Lipinski definition) is 4. The summed E-state index contributed by atoms with van der Waals surface area (Å²) in [6, 6.07) is -0.109. The molecule has 2 fully saturated rings. The SMILES string of the molecule is C=C=C(N[C@@H](C)[C@](C)(O)CC1CC1)c1c[nH]c2ncc(C3CC3)nc12. The molecule has 2 saturated carbocycles. The molecule has 2 atom stereocenters. The minimum absolute atomic E-state index is 0.109. The van der Waals surface area contributed by atoms with Gasteiger partial charge in [0.1, 0.15) is 5.52 Å². The lowest BCUT2D eigenvalue weighted by molar-refractivity contribution is 0.0173. The van der Waals surface area contributed by atoms with Gasteiger partial charge in [0.05, 0.1) is 34.8 Å². The number of aliphatic hydroxyl groups is 1. The number of H-pyrrole nitrogens is 1. The van der Waals surface area contributed by atoms with Crippen LogP contribution in [0.5, 0.6) is 0 Å². The fourth-order valence-corrected chi connectivity index (χ4v) is 3.35. The quantitative estimate of drug-likeness (QED) is 0.676. The minimum atomic E-state index is -0.764. The van der Waals surface area contributed by atoms with E-state index in [1.54, 1.807) is 0 Å². The van der Waals surface area contributed by atoms with E-state index in [4.69, 9.17) is 4.98 Å². The zero-order valence-electron chi connectivity index (χ0n) is 15.0. The normalized spacial score (nSPS) is 20.8. The fourth-order valence-electron chi connectivity index (χ4n) is 3.35. The molecular formula is C20H26N4O. The lowest BCUT2D eigenvalue weighted by Crippen LogP contribution is -2.46. The van der Waals surface area contributed by atoms with E-state index in [0.717, 1.165) is 34.5 Å². The van der Waals surface area contributed by atoms with Gasteiger partial charge in [0.15, 0.2) is 5.65 Å². The number of aromatic amines is 1. The zero-order valence-corrected chi connectivity index (χ0v) is 15.0. The maximum absolute atomic E-state index is 10.8. The van der Waals surface area contributed by atoms with Gasteiger partial charge in [-0.15, -0.1) is 5.73 Å².